The van der Waals surface area contributed by atoms with Gasteiger partial charge in [-0.05, 0) is 48.9 Å². The number of nitrogens with one attached hydrogen (secondary N) is 2. The molecule has 2 aromatic carbocycles. The van der Waals surface area contributed by atoms with E-state index in [1.807, 2.05) is 6.92 Å². The molecule has 94 valence electrons. The molecule has 0 aliphatic rings. The summed E-state index contributed by atoms with van der Waals surface area (Å²) in [7, 11) is 0. The predicted octanol–water partition coefficient (Wildman–Crippen LogP) is 2.24. The molecule has 3 rings (SSSR count). The Balaban J connectivity index is 2.66. The number of aryl methyl sites for hydroxylation is 1. The van der Waals surface area contributed by atoms with Crippen LogP contribution in [0.25, 0.3) is 21.8 Å². The molecule has 4 bridgehead atoms. The van der Waals surface area contributed by atoms with Gasteiger partial charge >= 0.3 is 0 Å². The lowest BCUT2D eigenvalue weighted by atomic mass is 10.1. The van der Waals surface area contributed by atoms with E-state index in [2.05, 4.69) is 9.97 Å². The standard InChI is InChI=1S/C15H12N2O2/c1-9-5-10-7-11(6-9)15(19)17-13-4-2-3-12(8-13)16-14(10)18/h2-8H,1H3,(H,16,18)(H,17,19). The van der Waals surface area contributed by atoms with Crippen LogP contribution in [0.1, 0.15) is 5.56 Å². The van der Waals surface area contributed by atoms with Crippen molar-refractivity contribution in [3.05, 3.63) is 68.7 Å². The molecule has 19 heavy (non-hydrogen) atoms. The fourth-order valence-corrected chi connectivity index (χ4v) is 2.13. The van der Waals surface area contributed by atoms with Crippen molar-refractivity contribution in [2.45, 2.75) is 6.92 Å². The summed E-state index contributed by atoms with van der Waals surface area (Å²) in [6, 6.07) is 12.2. The van der Waals surface area contributed by atoms with Crippen molar-refractivity contribution in [3.63, 3.8) is 0 Å². The highest BCUT2D eigenvalue weighted by Crippen LogP contribution is 2.06. The van der Waals surface area contributed by atoms with Gasteiger partial charge in [0.05, 0.1) is 0 Å². The number of hydrogen-bond donors (Lipinski definition) is 2. The Bertz CT molecular complexity index is 852. The van der Waals surface area contributed by atoms with Crippen molar-refractivity contribution < 1.29 is 0 Å². The Kier molecular flexibility index (Phi) is 2.56. The van der Waals surface area contributed by atoms with Gasteiger partial charge in [0.2, 0.25) is 0 Å². The molecule has 0 radical (unpaired) electrons. The summed E-state index contributed by atoms with van der Waals surface area (Å²) >= 11 is 0. The summed E-state index contributed by atoms with van der Waals surface area (Å²) in [5.41, 5.74) is 1.77. The summed E-state index contributed by atoms with van der Waals surface area (Å²) in [6.45, 7) is 1.86. The largest absolute Gasteiger partial charge is 0.322 e. The summed E-state index contributed by atoms with van der Waals surface area (Å²) in [6.07, 6.45) is 0. The lowest BCUT2D eigenvalue weighted by Crippen LogP contribution is -2.07. The molecule has 0 aliphatic heterocycles. The van der Waals surface area contributed by atoms with E-state index in [4.69, 9.17) is 0 Å². The Labute approximate surface area is 108 Å². The van der Waals surface area contributed by atoms with Crippen LogP contribution >= 0.6 is 0 Å². The molecule has 3 aromatic rings. The van der Waals surface area contributed by atoms with E-state index in [1.165, 1.54) is 0 Å². The van der Waals surface area contributed by atoms with Gasteiger partial charge in [-0.15, -0.1) is 0 Å². The molecule has 0 saturated heterocycles. The fourth-order valence-electron chi connectivity index (χ4n) is 2.13. The average molecular weight is 252 g/mol. The Morgan fingerprint density at radius 2 is 1.32 bits per heavy atom. The number of aromatic nitrogens is 2. The number of H-pyrrole nitrogens is 2. The van der Waals surface area contributed by atoms with Crippen molar-refractivity contribution in [3.8, 4) is 0 Å². The highest BCUT2D eigenvalue weighted by Gasteiger charge is 1.98. The van der Waals surface area contributed by atoms with Gasteiger partial charge in [0, 0.05) is 21.8 Å². The zero-order valence-electron chi connectivity index (χ0n) is 10.4. The van der Waals surface area contributed by atoms with Crippen molar-refractivity contribution in [1.82, 2.24) is 9.97 Å². The number of hydrogen-bond acceptors (Lipinski definition) is 2. The fraction of sp³-hybridized carbons (Fsp3) is 0.0667. The molecule has 0 saturated carbocycles. The number of rotatable bonds is 0. The van der Waals surface area contributed by atoms with Gasteiger partial charge in [0.25, 0.3) is 11.1 Å². The Hall–Kier alpha value is -2.62. The van der Waals surface area contributed by atoms with E-state index in [-0.39, 0.29) is 11.1 Å². The highest BCUT2D eigenvalue weighted by atomic mass is 16.1. The van der Waals surface area contributed by atoms with Crippen molar-refractivity contribution in [2.24, 2.45) is 0 Å². The van der Waals surface area contributed by atoms with Gasteiger partial charge in [-0.25, -0.2) is 0 Å². The molecule has 0 amide bonds. The minimum Gasteiger partial charge on any atom is -0.322 e. The van der Waals surface area contributed by atoms with Crippen LogP contribution in [0.15, 0.2) is 52.1 Å². The number of fused-ring (bicyclic) bond motifs is 4. The van der Waals surface area contributed by atoms with Gasteiger partial charge in [0.15, 0.2) is 0 Å². The van der Waals surface area contributed by atoms with Gasteiger partial charge in [-0.1, -0.05) is 6.07 Å². The molecule has 4 heteroatoms. The first-order valence-electron chi connectivity index (χ1n) is 5.96. The highest BCUT2D eigenvalue weighted by molar-refractivity contribution is 5.69. The maximum atomic E-state index is 12.1. The van der Waals surface area contributed by atoms with E-state index in [0.29, 0.717) is 21.8 Å². The second-order valence-electron chi connectivity index (χ2n) is 4.58. The molecule has 2 N–H and O–H groups in total. The van der Waals surface area contributed by atoms with E-state index in [0.717, 1.165) is 5.56 Å². The van der Waals surface area contributed by atoms with Crippen LogP contribution in [0.4, 0.5) is 0 Å². The second kappa shape index (κ2) is 4.24. The molecule has 4 nitrogen and oxygen atoms in total. The molecule has 0 fully saturated rings. The minimum absolute atomic E-state index is 0.211. The monoisotopic (exact) mass is 252 g/mol. The van der Waals surface area contributed by atoms with E-state index in [1.54, 1.807) is 42.5 Å². The van der Waals surface area contributed by atoms with Crippen molar-refractivity contribution in [1.29, 1.82) is 0 Å². The third kappa shape index (κ3) is 2.20. The summed E-state index contributed by atoms with van der Waals surface area (Å²) in [5, 5.41) is 0.968. The van der Waals surface area contributed by atoms with Crippen LogP contribution in [0, 0.1) is 6.92 Å². The predicted molar refractivity (Wildman–Crippen MR) is 76.2 cm³/mol. The van der Waals surface area contributed by atoms with Gasteiger partial charge < -0.3 is 9.97 Å². The molecule has 0 spiro atoms. The first kappa shape index (κ1) is 11.5. The van der Waals surface area contributed by atoms with Crippen LogP contribution in [0.2, 0.25) is 0 Å². The molecular formula is C15H12N2O2. The molecule has 1 aromatic heterocycles. The zero-order valence-corrected chi connectivity index (χ0v) is 10.4. The van der Waals surface area contributed by atoms with Gasteiger partial charge in [-0.3, -0.25) is 9.59 Å². The van der Waals surface area contributed by atoms with E-state index in [9.17, 15) is 9.59 Å². The molecular weight excluding hydrogens is 240 g/mol. The van der Waals surface area contributed by atoms with E-state index >= 15 is 0 Å². The van der Waals surface area contributed by atoms with Crippen LogP contribution in [0.3, 0.4) is 0 Å². The number of benzene rings is 2. The summed E-state index contributed by atoms with van der Waals surface area (Å²) in [4.78, 5) is 29.9. The molecule has 0 atom stereocenters. The average Bonchev–Trinajstić information content (AvgIpc) is 2.37. The lowest BCUT2D eigenvalue weighted by Gasteiger charge is -1.96. The van der Waals surface area contributed by atoms with Crippen molar-refractivity contribution >= 4 is 21.8 Å². The quantitative estimate of drug-likeness (QED) is 0.644. The SMILES string of the molecule is Cc1cc2cc(c1)c(=O)[nH]c1cccc(c1)[nH]c2=O. The van der Waals surface area contributed by atoms with Crippen LogP contribution in [-0.2, 0) is 0 Å². The van der Waals surface area contributed by atoms with Crippen LogP contribution < -0.4 is 11.1 Å². The second-order valence-corrected chi connectivity index (χ2v) is 4.58. The zero-order chi connectivity index (χ0) is 13.4. The van der Waals surface area contributed by atoms with Crippen LogP contribution in [-0.4, -0.2) is 9.97 Å². The first-order valence-corrected chi connectivity index (χ1v) is 5.96. The smallest absolute Gasteiger partial charge is 0.255 e. The summed E-state index contributed by atoms with van der Waals surface area (Å²) < 4.78 is 0. The Morgan fingerprint density at radius 3 is 1.84 bits per heavy atom. The minimum atomic E-state index is -0.211. The molecule has 0 aliphatic carbocycles. The van der Waals surface area contributed by atoms with Crippen LogP contribution in [0.5, 0.6) is 0 Å². The maximum Gasteiger partial charge on any atom is 0.255 e. The maximum absolute atomic E-state index is 12.1. The Morgan fingerprint density at radius 1 is 0.789 bits per heavy atom. The van der Waals surface area contributed by atoms with Crippen molar-refractivity contribution in [2.75, 3.05) is 0 Å². The third-order valence-corrected chi connectivity index (χ3v) is 2.98. The topological polar surface area (TPSA) is 65.7 Å². The molecule has 1 heterocycles. The van der Waals surface area contributed by atoms with Gasteiger partial charge in [-0.2, -0.15) is 0 Å². The third-order valence-electron chi connectivity index (χ3n) is 2.98. The normalized spacial score (nSPS) is 10.8. The first-order chi connectivity index (χ1) is 9.11. The van der Waals surface area contributed by atoms with Gasteiger partial charge in [0.1, 0.15) is 0 Å². The summed E-state index contributed by atoms with van der Waals surface area (Å²) in [5.74, 6) is 0. The molecule has 0 unspecified atom stereocenters. The number of aromatic amines is 2. The van der Waals surface area contributed by atoms with E-state index < -0.39 is 0 Å². The lowest BCUT2D eigenvalue weighted by molar-refractivity contribution is 1.30.